The second-order valence-corrected chi connectivity index (χ2v) is 5.90. The predicted octanol–water partition coefficient (Wildman–Crippen LogP) is 1.57. The maximum Gasteiger partial charge on any atom is 0.387 e. The summed E-state index contributed by atoms with van der Waals surface area (Å²) >= 11 is 0. The summed E-state index contributed by atoms with van der Waals surface area (Å²) < 4.78 is 28.9. The lowest BCUT2D eigenvalue weighted by atomic mass is 10.1. The number of nitrogens with zero attached hydrogens (tertiary/aromatic N) is 2. The molecule has 1 aromatic heterocycles. The number of aromatic amines is 1. The molecule has 1 aliphatic rings. The molecule has 1 aliphatic heterocycles. The Morgan fingerprint density at radius 1 is 1.00 bits per heavy atom. The topological polar surface area (TPSA) is 82.7 Å². The van der Waals surface area contributed by atoms with E-state index in [0.717, 1.165) is 0 Å². The highest BCUT2D eigenvalue weighted by molar-refractivity contribution is 5.96. The SMILES string of the molecule is O=C(c1cccc(OC(F)F)c1)N1CCN(C(=O)c2ccc[nH]c2=O)CC1. The van der Waals surface area contributed by atoms with Gasteiger partial charge >= 0.3 is 6.61 Å². The van der Waals surface area contributed by atoms with Gasteiger partial charge in [-0.1, -0.05) is 6.07 Å². The van der Waals surface area contributed by atoms with Crippen molar-refractivity contribution < 1.29 is 23.1 Å². The molecule has 0 unspecified atom stereocenters. The van der Waals surface area contributed by atoms with Crippen molar-refractivity contribution in [2.24, 2.45) is 0 Å². The molecule has 2 amide bonds. The fraction of sp³-hybridized carbons (Fsp3) is 0.278. The van der Waals surface area contributed by atoms with E-state index in [1.165, 1.54) is 46.3 Å². The van der Waals surface area contributed by atoms with Crippen molar-refractivity contribution in [3.05, 3.63) is 64.1 Å². The van der Waals surface area contributed by atoms with E-state index in [1.54, 1.807) is 6.07 Å². The van der Waals surface area contributed by atoms with Crippen LogP contribution in [0.2, 0.25) is 0 Å². The van der Waals surface area contributed by atoms with Crippen molar-refractivity contribution in [1.82, 2.24) is 14.8 Å². The van der Waals surface area contributed by atoms with Crippen LogP contribution in [0.5, 0.6) is 5.75 Å². The van der Waals surface area contributed by atoms with Crippen LogP contribution in [-0.2, 0) is 0 Å². The number of piperazine rings is 1. The summed E-state index contributed by atoms with van der Waals surface area (Å²) in [5, 5.41) is 0. The molecule has 0 aliphatic carbocycles. The molecular formula is C18H17F2N3O4. The third-order valence-corrected chi connectivity index (χ3v) is 4.21. The average molecular weight is 377 g/mol. The molecule has 2 heterocycles. The van der Waals surface area contributed by atoms with Gasteiger partial charge in [0, 0.05) is 37.9 Å². The summed E-state index contributed by atoms with van der Waals surface area (Å²) in [4.78, 5) is 42.2. The molecule has 27 heavy (non-hydrogen) atoms. The summed E-state index contributed by atoms with van der Waals surface area (Å²) in [5.41, 5.74) is -0.182. The number of carbonyl (C=O) groups is 2. The highest BCUT2D eigenvalue weighted by Crippen LogP contribution is 2.18. The molecule has 7 nitrogen and oxygen atoms in total. The van der Waals surface area contributed by atoms with E-state index in [0.29, 0.717) is 0 Å². The second-order valence-electron chi connectivity index (χ2n) is 5.90. The van der Waals surface area contributed by atoms with Crippen molar-refractivity contribution in [3.63, 3.8) is 0 Å². The minimum atomic E-state index is -2.97. The van der Waals surface area contributed by atoms with Crippen molar-refractivity contribution >= 4 is 11.8 Å². The molecule has 1 fully saturated rings. The van der Waals surface area contributed by atoms with Crippen molar-refractivity contribution in [1.29, 1.82) is 0 Å². The summed E-state index contributed by atoms with van der Waals surface area (Å²) in [6.07, 6.45) is 1.45. The maximum atomic E-state index is 12.6. The lowest BCUT2D eigenvalue weighted by Crippen LogP contribution is -2.51. The smallest absolute Gasteiger partial charge is 0.387 e. The number of benzene rings is 1. The van der Waals surface area contributed by atoms with E-state index in [9.17, 15) is 23.2 Å². The predicted molar refractivity (Wildman–Crippen MR) is 91.9 cm³/mol. The Kier molecular flexibility index (Phi) is 5.49. The molecule has 142 valence electrons. The van der Waals surface area contributed by atoms with Gasteiger partial charge < -0.3 is 19.5 Å². The quantitative estimate of drug-likeness (QED) is 0.877. The first kappa shape index (κ1) is 18.6. The van der Waals surface area contributed by atoms with Crippen LogP contribution in [0, 0.1) is 0 Å². The van der Waals surface area contributed by atoms with Gasteiger partial charge in [-0.15, -0.1) is 0 Å². The molecule has 9 heteroatoms. The Morgan fingerprint density at radius 2 is 1.67 bits per heavy atom. The third-order valence-electron chi connectivity index (χ3n) is 4.21. The largest absolute Gasteiger partial charge is 0.435 e. The molecule has 0 spiro atoms. The van der Waals surface area contributed by atoms with Crippen LogP contribution in [0.4, 0.5) is 8.78 Å². The molecule has 0 radical (unpaired) electrons. The number of nitrogens with one attached hydrogen (secondary N) is 1. The summed E-state index contributed by atoms with van der Waals surface area (Å²) in [6, 6.07) is 8.61. The molecule has 0 saturated carbocycles. The van der Waals surface area contributed by atoms with Gasteiger partial charge in [-0.2, -0.15) is 8.78 Å². The minimum Gasteiger partial charge on any atom is -0.435 e. The van der Waals surface area contributed by atoms with E-state index >= 15 is 0 Å². The van der Waals surface area contributed by atoms with E-state index in [1.807, 2.05) is 0 Å². The number of carbonyl (C=O) groups excluding carboxylic acids is 2. The monoisotopic (exact) mass is 377 g/mol. The van der Waals surface area contributed by atoms with E-state index < -0.39 is 18.1 Å². The number of rotatable bonds is 4. The lowest BCUT2D eigenvalue weighted by molar-refractivity contribution is -0.0499. The van der Waals surface area contributed by atoms with Crippen LogP contribution >= 0.6 is 0 Å². The minimum absolute atomic E-state index is 0.0501. The van der Waals surface area contributed by atoms with Crippen LogP contribution in [0.3, 0.4) is 0 Å². The molecule has 0 atom stereocenters. The zero-order valence-electron chi connectivity index (χ0n) is 14.2. The standard InChI is InChI=1S/C18H17F2N3O4/c19-18(20)27-13-4-1-3-12(11-13)16(25)22-7-9-23(10-8-22)17(26)14-5-2-6-21-15(14)24/h1-6,11,18H,7-10H2,(H,21,24). The second kappa shape index (κ2) is 7.98. The highest BCUT2D eigenvalue weighted by atomic mass is 19.3. The fourth-order valence-electron chi connectivity index (χ4n) is 2.86. The highest BCUT2D eigenvalue weighted by Gasteiger charge is 2.26. The van der Waals surface area contributed by atoms with Gasteiger partial charge in [0.25, 0.3) is 17.4 Å². The van der Waals surface area contributed by atoms with Crippen molar-refractivity contribution in [3.8, 4) is 5.75 Å². The number of H-pyrrole nitrogens is 1. The number of ether oxygens (including phenoxy) is 1. The van der Waals surface area contributed by atoms with Gasteiger partial charge in [-0.25, -0.2) is 0 Å². The van der Waals surface area contributed by atoms with Crippen molar-refractivity contribution in [2.75, 3.05) is 26.2 Å². The molecule has 2 aromatic rings. The number of hydrogen-bond acceptors (Lipinski definition) is 4. The first-order valence-corrected chi connectivity index (χ1v) is 8.27. The Balaban J connectivity index is 1.64. The number of amides is 2. The molecule has 0 bridgehead atoms. The van der Waals surface area contributed by atoms with Gasteiger partial charge in [-0.05, 0) is 30.3 Å². The van der Waals surface area contributed by atoms with Crippen LogP contribution < -0.4 is 10.3 Å². The van der Waals surface area contributed by atoms with Crippen LogP contribution in [0.25, 0.3) is 0 Å². The molecule has 3 rings (SSSR count). The van der Waals surface area contributed by atoms with Gasteiger partial charge in [0.05, 0.1) is 0 Å². The number of pyridine rings is 1. The van der Waals surface area contributed by atoms with Crippen LogP contribution in [0.15, 0.2) is 47.4 Å². The van der Waals surface area contributed by atoms with Gasteiger partial charge in [0.15, 0.2) is 0 Å². The molecule has 1 saturated heterocycles. The van der Waals surface area contributed by atoms with Gasteiger partial charge in [0.2, 0.25) is 0 Å². The number of aromatic nitrogens is 1. The molecule has 1 N–H and O–H groups in total. The fourth-order valence-corrected chi connectivity index (χ4v) is 2.86. The third kappa shape index (κ3) is 4.30. The summed E-state index contributed by atoms with van der Waals surface area (Å²) in [6.45, 7) is -1.88. The van der Waals surface area contributed by atoms with Crippen molar-refractivity contribution in [2.45, 2.75) is 6.61 Å². The lowest BCUT2D eigenvalue weighted by Gasteiger charge is -2.34. The summed E-state index contributed by atoms with van der Waals surface area (Å²) in [5.74, 6) is -0.816. The first-order chi connectivity index (χ1) is 13.0. The van der Waals surface area contributed by atoms with E-state index in [2.05, 4.69) is 9.72 Å². The van der Waals surface area contributed by atoms with E-state index in [-0.39, 0.29) is 49.0 Å². The van der Waals surface area contributed by atoms with Crippen LogP contribution in [0.1, 0.15) is 20.7 Å². The first-order valence-electron chi connectivity index (χ1n) is 8.27. The van der Waals surface area contributed by atoms with Gasteiger partial charge in [0.1, 0.15) is 11.3 Å². The average Bonchev–Trinajstić information content (AvgIpc) is 2.67. The van der Waals surface area contributed by atoms with Gasteiger partial charge in [-0.3, -0.25) is 14.4 Å². The Bertz CT molecular complexity index is 892. The molecule has 1 aromatic carbocycles. The van der Waals surface area contributed by atoms with E-state index in [4.69, 9.17) is 0 Å². The Morgan fingerprint density at radius 3 is 2.30 bits per heavy atom. The van der Waals surface area contributed by atoms with Crippen LogP contribution in [-0.4, -0.2) is 59.4 Å². The number of hydrogen-bond donors (Lipinski definition) is 1. The normalized spacial score (nSPS) is 14.3. The number of alkyl halides is 2. The zero-order chi connectivity index (χ0) is 19.4. The summed E-state index contributed by atoms with van der Waals surface area (Å²) in [7, 11) is 0. The Hall–Kier alpha value is -3.23. The number of halogens is 2. The maximum absolute atomic E-state index is 12.6. The molecular weight excluding hydrogens is 360 g/mol. The Labute approximate surface area is 153 Å². The zero-order valence-corrected chi connectivity index (χ0v) is 14.2.